The summed E-state index contributed by atoms with van der Waals surface area (Å²) in [7, 11) is 0. The number of ether oxygens (including phenoxy) is 1. The van der Waals surface area contributed by atoms with E-state index in [2.05, 4.69) is 28.1 Å². The quantitative estimate of drug-likeness (QED) is 0.689. The van der Waals surface area contributed by atoms with Gasteiger partial charge in [0.2, 0.25) is 0 Å². The maximum Gasteiger partial charge on any atom is 0.270 e. The molecule has 6 heteroatoms. The summed E-state index contributed by atoms with van der Waals surface area (Å²) in [6.07, 6.45) is 0. The van der Waals surface area contributed by atoms with Crippen molar-refractivity contribution in [1.82, 2.24) is 9.47 Å². The van der Waals surface area contributed by atoms with Gasteiger partial charge in [0.15, 0.2) is 10.3 Å². The van der Waals surface area contributed by atoms with Gasteiger partial charge in [-0.1, -0.05) is 30.3 Å². The number of halogens is 1. The summed E-state index contributed by atoms with van der Waals surface area (Å²) in [5.41, 5.74) is 3.43. The molecule has 24 heavy (non-hydrogen) atoms. The van der Waals surface area contributed by atoms with E-state index < -0.39 is 0 Å². The van der Waals surface area contributed by atoms with Crippen molar-refractivity contribution in [3.05, 3.63) is 58.4 Å². The number of hydrogen-bond donors (Lipinski definition) is 0. The van der Waals surface area contributed by atoms with Crippen LogP contribution in [-0.4, -0.2) is 41.7 Å². The van der Waals surface area contributed by atoms with Crippen LogP contribution in [-0.2, 0) is 11.3 Å². The van der Waals surface area contributed by atoms with Gasteiger partial charge in [0.25, 0.3) is 5.91 Å². The number of morpholine rings is 1. The van der Waals surface area contributed by atoms with Crippen molar-refractivity contribution >= 4 is 32.9 Å². The number of rotatable bonds is 3. The average Bonchev–Trinajstić information content (AvgIpc) is 3.13. The Hall–Kier alpha value is -2.05. The fourth-order valence-electron chi connectivity index (χ4n) is 3.05. The van der Waals surface area contributed by atoms with Crippen LogP contribution >= 0.6 is 15.9 Å². The molecule has 3 aromatic rings. The van der Waals surface area contributed by atoms with Crippen LogP contribution in [0.1, 0.15) is 16.1 Å². The van der Waals surface area contributed by atoms with E-state index in [1.165, 1.54) is 0 Å². The van der Waals surface area contributed by atoms with Gasteiger partial charge in [-0.3, -0.25) is 4.79 Å². The van der Waals surface area contributed by atoms with Gasteiger partial charge in [0, 0.05) is 31.8 Å². The zero-order chi connectivity index (χ0) is 16.5. The van der Waals surface area contributed by atoms with E-state index in [-0.39, 0.29) is 5.91 Å². The molecule has 1 aliphatic rings. The Kier molecular flexibility index (Phi) is 4.16. The zero-order valence-corrected chi connectivity index (χ0v) is 14.7. The maximum atomic E-state index is 13.0. The topological polar surface area (TPSA) is 47.6 Å². The second-order valence-electron chi connectivity index (χ2n) is 5.81. The fourth-order valence-corrected chi connectivity index (χ4v) is 3.44. The van der Waals surface area contributed by atoms with E-state index in [1.54, 1.807) is 0 Å². The highest BCUT2D eigenvalue weighted by Gasteiger charge is 2.24. The summed E-state index contributed by atoms with van der Waals surface area (Å²) in [5, 5.41) is 0. The second-order valence-corrected chi connectivity index (χ2v) is 6.59. The lowest BCUT2D eigenvalue weighted by Gasteiger charge is -2.27. The Labute approximate surface area is 147 Å². The van der Waals surface area contributed by atoms with Gasteiger partial charge < -0.3 is 18.6 Å². The van der Waals surface area contributed by atoms with Crippen LogP contribution in [0, 0.1) is 0 Å². The van der Waals surface area contributed by atoms with Crippen LogP contribution in [0.25, 0.3) is 11.1 Å². The summed E-state index contributed by atoms with van der Waals surface area (Å²) in [4.78, 5) is 14.8. The molecule has 2 aromatic heterocycles. The van der Waals surface area contributed by atoms with Gasteiger partial charge in [0.1, 0.15) is 5.69 Å². The van der Waals surface area contributed by atoms with Gasteiger partial charge in [0.05, 0.1) is 18.7 Å². The van der Waals surface area contributed by atoms with Gasteiger partial charge in [-0.05, 0) is 21.5 Å². The average molecular weight is 389 g/mol. The van der Waals surface area contributed by atoms with E-state index in [0.717, 1.165) is 16.7 Å². The predicted molar refractivity (Wildman–Crippen MR) is 94.2 cm³/mol. The predicted octanol–water partition coefficient (Wildman–Crippen LogP) is 3.52. The first-order valence-corrected chi connectivity index (χ1v) is 8.71. The minimum absolute atomic E-state index is 0.0248. The molecule has 124 valence electrons. The van der Waals surface area contributed by atoms with Crippen molar-refractivity contribution in [2.24, 2.45) is 0 Å². The molecular weight excluding hydrogens is 372 g/mol. The first-order valence-electron chi connectivity index (χ1n) is 7.92. The molecule has 1 amide bonds. The minimum Gasteiger partial charge on any atom is -0.448 e. The van der Waals surface area contributed by atoms with Crippen molar-refractivity contribution in [2.45, 2.75) is 6.54 Å². The highest BCUT2D eigenvalue weighted by molar-refractivity contribution is 9.10. The molecule has 0 saturated carbocycles. The number of carbonyl (C=O) groups excluding carboxylic acids is 1. The van der Waals surface area contributed by atoms with Gasteiger partial charge in [-0.25, -0.2) is 0 Å². The third kappa shape index (κ3) is 2.87. The molecule has 0 bridgehead atoms. The number of hydrogen-bond acceptors (Lipinski definition) is 3. The molecule has 3 heterocycles. The molecule has 0 unspecified atom stereocenters. The SMILES string of the molecule is O=C(c1cc2oc(Br)cc2n1Cc1ccccc1)N1CCOCC1. The molecule has 1 aliphatic heterocycles. The van der Waals surface area contributed by atoms with Crippen molar-refractivity contribution in [1.29, 1.82) is 0 Å². The molecule has 1 fully saturated rings. The Morgan fingerprint density at radius 1 is 1.12 bits per heavy atom. The zero-order valence-electron chi connectivity index (χ0n) is 13.1. The summed E-state index contributed by atoms with van der Waals surface area (Å²) in [6.45, 7) is 3.06. The van der Waals surface area contributed by atoms with Crippen molar-refractivity contribution in [2.75, 3.05) is 26.3 Å². The molecule has 0 atom stereocenters. The van der Waals surface area contributed by atoms with E-state index in [9.17, 15) is 4.79 Å². The van der Waals surface area contributed by atoms with Crippen LogP contribution in [0.2, 0.25) is 0 Å². The number of carbonyl (C=O) groups is 1. The number of amides is 1. The second kappa shape index (κ2) is 6.45. The van der Waals surface area contributed by atoms with Crippen LogP contribution in [0.15, 0.2) is 51.6 Å². The molecule has 5 nitrogen and oxygen atoms in total. The molecule has 0 radical (unpaired) electrons. The molecule has 4 rings (SSSR count). The van der Waals surface area contributed by atoms with Gasteiger partial charge in [-0.15, -0.1) is 0 Å². The molecule has 0 spiro atoms. The van der Waals surface area contributed by atoms with E-state index in [0.29, 0.717) is 43.2 Å². The van der Waals surface area contributed by atoms with Crippen molar-refractivity contribution in [3.63, 3.8) is 0 Å². The van der Waals surface area contributed by atoms with Crippen LogP contribution in [0.3, 0.4) is 0 Å². The van der Waals surface area contributed by atoms with Crippen molar-refractivity contribution in [3.8, 4) is 0 Å². The third-order valence-corrected chi connectivity index (χ3v) is 4.65. The smallest absolute Gasteiger partial charge is 0.270 e. The monoisotopic (exact) mass is 388 g/mol. The lowest BCUT2D eigenvalue weighted by atomic mass is 10.2. The van der Waals surface area contributed by atoms with Crippen LogP contribution < -0.4 is 0 Å². The first kappa shape index (κ1) is 15.5. The molecule has 0 N–H and O–H groups in total. The Morgan fingerprint density at radius 2 is 1.88 bits per heavy atom. The van der Waals surface area contributed by atoms with E-state index >= 15 is 0 Å². The fraction of sp³-hybridized carbons (Fsp3) is 0.278. The number of nitrogens with zero attached hydrogens (tertiary/aromatic N) is 2. The Morgan fingerprint density at radius 3 is 2.62 bits per heavy atom. The summed E-state index contributed by atoms with van der Waals surface area (Å²) in [6, 6.07) is 13.9. The number of aromatic nitrogens is 1. The number of fused-ring (bicyclic) bond motifs is 1. The normalized spacial score (nSPS) is 15.1. The number of benzene rings is 1. The van der Waals surface area contributed by atoms with Gasteiger partial charge >= 0.3 is 0 Å². The van der Waals surface area contributed by atoms with Crippen LogP contribution in [0.4, 0.5) is 0 Å². The van der Waals surface area contributed by atoms with E-state index in [4.69, 9.17) is 9.15 Å². The van der Waals surface area contributed by atoms with Crippen molar-refractivity contribution < 1.29 is 13.9 Å². The molecule has 1 saturated heterocycles. The number of furan rings is 1. The minimum atomic E-state index is 0.0248. The molecule has 0 aliphatic carbocycles. The summed E-state index contributed by atoms with van der Waals surface area (Å²) >= 11 is 3.37. The highest BCUT2D eigenvalue weighted by Crippen LogP contribution is 2.28. The lowest BCUT2D eigenvalue weighted by molar-refractivity contribution is 0.0296. The molecular formula is C18H17BrN2O3. The summed E-state index contributed by atoms with van der Waals surface area (Å²) in [5.74, 6) is 0.0248. The maximum absolute atomic E-state index is 13.0. The lowest BCUT2D eigenvalue weighted by Crippen LogP contribution is -2.41. The van der Waals surface area contributed by atoms with Crippen LogP contribution in [0.5, 0.6) is 0 Å². The summed E-state index contributed by atoms with van der Waals surface area (Å²) < 4.78 is 13.7. The Balaban J connectivity index is 1.75. The first-order chi connectivity index (χ1) is 11.7. The standard InChI is InChI=1S/C18H17BrN2O3/c19-17-11-14-16(24-17)10-15(18(22)20-6-8-23-9-7-20)21(14)12-13-4-2-1-3-5-13/h1-5,10-11H,6-9,12H2. The third-order valence-electron chi connectivity index (χ3n) is 4.26. The van der Waals surface area contributed by atoms with Gasteiger partial charge in [-0.2, -0.15) is 0 Å². The highest BCUT2D eigenvalue weighted by atomic mass is 79.9. The molecule has 1 aromatic carbocycles. The van der Waals surface area contributed by atoms with E-state index in [1.807, 2.05) is 39.8 Å². The Bertz CT molecular complexity index is 863. The largest absolute Gasteiger partial charge is 0.448 e.